The first kappa shape index (κ1) is 73.8. The van der Waals surface area contributed by atoms with E-state index in [0.717, 1.165) is 193 Å². The van der Waals surface area contributed by atoms with Crippen LogP contribution in [0.2, 0.25) is 0 Å². The molecule has 13 heteroatoms. The maximum absolute atomic E-state index is 14.9. The van der Waals surface area contributed by atoms with E-state index in [-0.39, 0.29) is 68.1 Å². The van der Waals surface area contributed by atoms with Crippen molar-refractivity contribution in [3.05, 3.63) is 0 Å². The summed E-state index contributed by atoms with van der Waals surface area (Å²) < 4.78 is 40.0. The Morgan fingerprint density at radius 2 is 0.539 bits per heavy atom. The minimum atomic E-state index is -2.95. The molecule has 76 heavy (non-hydrogen) atoms. The maximum Gasteiger partial charge on any atom is 0.378 e. The molecule has 0 heterocycles. The van der Waals surface area contributed by atoms with Crippen molar-refractivity contribution in [2.24, 2.45) is 5.41 Å². The van der Waals surface area contributed by atoms with Crippen molar-refractivity contribution in [1.82, 2.24) is 0 Å². The fourth-order valence-electron chi connectivity index (χ4n) is 10.8. The second-order valence-corrected chi connectivity index (χ2v) is 23.0. The zero-order valence-electron chi connectivity index (χ0n) is 50.9. The SMILES string of the molecule is CCCCCCCCC(=O)OC1C(C)(C)CC(OC(=O)CCCCCCCC)(OC(=O)CCCCCCCC)C(OC(=O)CCCCCCCC)(OC(=O)CCCCCCCC)C1(C)OC(=O)CCCCCCCC.[Na]. The quantitative estimate of drug-likeness (QED) is 0.0187. The van der Waals surface area contributed by atoms with E-state index in [1.54, 1.807) is 13.8 Å². The van der Waals surface area contributed by atoms with E-state index in [1.807, 2.05) is 0 Å². The number of hydrogen-bond donors (Lipinski definition) is 0. The van der Waals surface area contributed by atoms with Crippen LogP contribution in [0.4, 0.5) is 0 Å². The molecule has 0 aliphatic heterocycles. The molecule has 2 unspecified atom stereocenters. The van der Waals surface area contributed by atoms with Crippen LogP contribution < -0.4 is 0 Å². The fourth-order valence-corrected chi connectivity index (χ4v) is 10.8. The van der Waals surface area contributed by atoms with Gasteiger partial charge in [0.25, 0.3) is 0 Å². The van der Waals surface area contributed by atoms with Gasteiger partial charge in [0.1, 0.15) is 0 Å². The fraction of sp³-hybridized carbons (Fsp3) is 0.905. The van der Waals surface area contributed by atoms with E-state index in [0.29, 0.717) is 38.5 Å². The predicted octanol–water partition coefficient (Wildman–Crippen LogP) is 17.3. The molecule has 0 N–H and O–H groups in total. The molecule has 1 aliphatic carbocycles. The van der Waals surface area contributed by atoms with Gasteiger partial charge < -0.3 is 28.4 Å². The summed E-state index contributed by atoms with van der Waals surface area (Å²) in [6.07, 6.45) is 29.7. The van der Waals surface area contributed by atoms with Crippen LogP contribution in [-0.4, -0.2) is 88.7 Å². The van der Waals surface area contributed by atoms with Gasteiger partial charge in [0.05, 0.1) is 0 Å². The Morgan fingerprint density at radius 1 is 0.316 bits per heavy atom. The van der Waals surface area contributed by atoms with Crippen LogP contribution in [0.15, 0.2) is 0 Å². The summed E-state index contributed by atoms with van der Waals surface area (Å²) in [5.41, 5.74) is -3.74. The van der Waals surface area contributed by atoms with Crippen molar-refractivity contribution in [2.75, 3.05) is 0 Å². The molecule has 0 aromatic heterocycles. The van der Waals surface area contributed by atoms with Crippen LogP contribution >= 0.6 is 0 Å². The van der Waals surface area contributed by atoms with Crippen LogP contribution in [0.3, 0.4) is 0 Å². The van der Waals surface area contributed by atoms with Gasteiger partial charge in [0, 0.05) is 79.9 Å². The van der Waals surface area contributed by atoms with Gasteiger partial charge in [-0.15, -0.1) is 0 Å². The third-order valence-corrected chi connectivity index (χ3v) is 15.1. The molecule has 0 aromatic rings. The first-order valence-corrected chi connectivity index (χ1v) is 31.4. The van der Waals surface area contributed by atoms with E-state index >= 15 is 0 Å². The maximum atomic E-state index is 14.9. The standard InChI is InChI=1S/C63H114O12.Na/c1-10-16-22-28-34-40-46-53(64)70-59-60(7,8)52-62(72-55(66)48-42-36-30-24-18-12-3,73-56(67)49-43-37-31-25-19-13-4)63(74-57(68)50-44-38-32-26-20-14-5,75-58(69)51-45-39-33-27-21-15-6)61(59,9)71-54(65)47-41-35-29-23-17-11-2;/h59H,10-52H2,1-9H3;. The Morgan fingerprint density at radius 3 is 0.816 bits per heavy atom. The van der Waals surface area contributed by atoms with Crippen molar-refractivity contribution in [1.29, 1.82) is 0 Å². The number of esters is 6. The van der Waals surface area contributed by atoms with Crippen molar-refractivity contribution >= 4 is 65.4 Å². The average molecular weight is 1090 g/mol. The molecule has 0 spiro atoms. The summed E-state index contributed by atoms with van der Waals surface area (Å²) in [5.74, 6) is -10.1. The van der Waals surface area contributed by atoms with Gasteiger partial charge in [-0.2, -0.15) is 0 Å². The Labute approximate surface area is 486 Å². The molecule has 1 fully saturated rings. The van der Waals surface area contributed by atoms with Crippen LogP contribution in [0, 0.1) is 5.41 Å². The zero-order valence-corrected chi connectivity index (χ0v) is 52.9. The summed E-state index contributed by atoms with van der Waals surface area (Å²) in [7, 11) is 0. The second-order valence-electron chi connectivity index (χ2n) is 23.0. The summed E-state index contributed by atoms with van der Waals surface area (Å²) in [5, 5.41) is 0. The summed E-state index contributed by atoms with van der Waals surface area (Å²) in [6.45, 7) is 17.9. The van der Waals surface area contributed by atoms with Gasteiger partial charge in [-0.1, -0.05) is 248 Å². The second kappa shape index (κ2) is 44.6. The molecule has 1 aliphatic rings. The molecule has 0 bridgehead atoms. The van der Waals surface area contributed by atoms with Crippen LogP contribution in [-0.2, 0) is 57.2 Å². The van der Waals surface area contributed by atoms with Crippen molar-refractivity contribution in [3.63, 3.8) is 0 Å². The molecular formula is C63H114NaO12. The molecule has 0 amide bonds. The van der Waals surface area contributed by atoms with E-state index < -0.39 is 70.9 Å². The topological polar surface area (TPSA) is 158 Å². The first-order valence-electron chi connectivity index (χ1n) is 31.4. The van der Waals surface area contributed by atoms with Gasteiger partial charge in [-0.05, 0) is 45.4 Å². The Kier molecular flexibility index (Phi) is 43.3. The molecule has 0 saturated heterocycles. The molecule has 12 nitrogen and oxygen atoms in total. The van der Waals surface area contributed by atoms with Crippen molar-refractivity contribution < 1.29 is 57.2 Å². The summed E-state index contributed by atoms with van der Waals surface area (Å²) in [4.78, 5) is 88.1. The number of ether oxygens (including phenoxy) is 6. The largest absolute Gasteiger partial charge is 0.457 e. The Balaban J connectivity index is 0.0000562. The summed E-state index contributed by atoms with van der Waals surface area (Å²) >= 11 is 0. The third-order valence-electron chi connectivity index (χ3n) is 15.1. The van der Waals surface area contributed by atoms with Crippen molar-refractivity contribution in [3.8, 4) is 0 Å². The first-order chi connectivity index (χ1) is 36.1. The average Bonchev–Trinajstić information content (AvgIpc) is 3.36. The van der Waals surface area contributed by atoms with E-state index in [1.165, 1.54) is 6.92 Å². The van der Waals surface area contributed by atoms with E-state index in [4.69, 9.17) is 28.4 Å². The number of rotatable bonds is 48. The number of carbonyl (C=O) groups is 6. The minimum Gasteiger partial charge on any atom is -0.457 e. The van der Waals surface area contributed by atoms with Crippen LogP contribution in [0.25, 0.3) is 0 Å². The van der Waals surface area contributed by atoms with Crippen molar-refractivity contribution in [2.45, 2.75) is 362 Å². The van der Waals surface area contributed by atoms with Gasteiger partial charge in [0.2, 0.25) is 5.60 Å². The third kappa shape index (κ3) is 29.3. The number of hydrogen-bond acceptors (Lipinski definition) is 12. The normalized spacial score (nSPS) is 17.2. The Bertz CT molecular complexity index is 1490. The minimum absolute atomic E-state index is 0. The monoisotopic (exact) mass is 1090 g/mol. The molecule has 1 radical (unpaired) electrons. The van der Waals surface area contributed by atoms with Gasteiger partial charge in [-0.25, -0.2) is 0 Å². The van der Waals surface area contributed by atoms with Crippen LogP contribution in [0.1, 0.15) is 338 Å². The number of carbonyl (C=O) groups excluding carboxylic acids is 6. The van der Waals surface area contributed by atoms with Gasteiger partial charge >= 0.3 is 47.4 Å². The molecule has 0 aromatic carbocycles. The zero-order chi connectivity index (χ0) is 55.7. The van der Waals surface area contributed by atoms with E-state index in [9.17, 15) is 28.8 Å². The molecule has 2 atom stereocenters. The summed E-state index contributed by atoms with van der Waals surface area (Å²) in [6, 6.07) is 0. The smallest absolute Gasteiger partial charge is 0.378 e. The van der Waals surface area contributed by atoms with Gasteiger partial charge in [-0.3, -0.25) is 28.8 Å². The number of unbranched alkanes of at least 4 members (excludes halogenated alkanes) is 30. The molecule has 439 valence electrons. The van der Waals surface area contributed by atoms with Crippen LogP contribution in [0.5, 0.6) is 0 Å². The molecule has 1 saturated carbocycles. The molecule has 1 rings (SSSR count). The van der Waals surface area contributed by atoms with Gasteiger partial charge in [0.15, 0.2) is 6.10 Å². The predicted molar refractivity (Wildman–Crippen MR) is 306 cm³/mol. The molecular weight excluding hydrogens is 972 g/mol. The van der Waals surface area contributed by atoms with E-state index in [2.05, 4.69) is 41.5 Å². The Hall–Kier alpha value is -2.18.